The third-order valence-electron chi connectivity index (χ3n) is 9.40. The zero-order valence-electron chi connectivity index (χ0n) is 27.1. The highest BCUT2D eigenvalue weighted by Gasteiger charge is 2.15. The van der Waals surface area contributed by atoms with Gasteiger partial charge in [-0.15, -0.1) is 11.3 Å². The van der Waals surface area contributed by atoms with Crippen LogP contribution in [0, 0.1) is 5.41 Å². The fourth-order valence-corrected chi connectivity index (χ4v) is 8.28. The van der Waals surface area contributed by atoms with E-state index in [9.17, 15) is 0 Å². The van der Waals surface area contributed by atoms with E-state index in [0.29, 0.717) is 0 Å². The topological polar surface area (TPSA) is 41.1 Å². The maximum Gasteiger partial charge on any atom is 0.0717 e. The van der Waals surface area contributed by atoms with Gasteiger partial charge in [-0.05, 0) is 70.3 Å². The molecule has 0 aliphatic heterocycles. The number of nitrogens with one attached hydrogen (secondary N) is 1. The maximum atomic E-state index is 7.78. The van der Waals surface area contributed by atoms with Gasteiger partial charge in [0.1, 0.15) is 0 Å². The Morgan fingerprint density at radius 1 is 0.560 bits per heavy atom. The summed E-state index contributed by atoms with van der Waals surface area (Å²) in [5, 5.41) is 12.9. The predicted molar refractivity (Wildman–Crippen MR) is 215 cm³/mol. The van der Waals surface area contributed by atoms with E-state index < -0.39 is 0 Å². The molecule has 50 heavy (non-hydrogen) atoms. The average molecular weight is 658 g/mol. The van der Waals surface area contributed by atoms with E-state index >= 15 is 0 Å². The van der Waals surface area contributed by atoms with Crippen molar-refractivity contribution >= 4 is 71.4 Å². The van der Waals surface area contributed by atoms with Crippen LogP contribution in [0.5, 0.6) is 0 Å². The SMILES string of the molecule is N=C/C=C(\N=Cc1cccc(-n2c3ccccc3c3cc(-c4cccc5c4sc4ccccc45)ccc32)c1)c1ccc(-c2ccccc2)cc1. The molecule has 2 heterocycles. The highest BCUT2D eigenvalue weighted by Crippen LogP contribution is 2.41. The molecule has 0 saturated heterocycles. The van der Waals surface area contributed by atoms with Crippen LogP contribution >= 0.6 is 11.3 Å². The normalized spacial score (nSPS) is 12.1. The van der Waals surface area contributed by atoms with Crippen LogP contribution in [0.25, 0.3) is 75.6 Å². The highest BCUT2D eigenvalue weighted by atomic mass is 32.1. The Kier molecular flexibility index (Phi) is 7.49. The predicted octanol–water partition coefficient (Wildman–Crippen LogP) is 12.6. The van der Waals surface area contributed by atoms with Gasteiger partial charge >= 0.3 is 0 Å². The Bertz CT molecular complexity index is 2760. The smallest absolute Gasteiger partial charge is 0.0717 e. The monoisotopic (exact) mass is 657 g/mol. The molecule has 0 amide bonds. The van der Waals surface area contributed by atoms with E-state index in [4.69, 9.17) is 10.4 Å². The molecule has 0 spiro atoms. The van der Waals surface area contributed by atoms with Gasteiger partial charge < -0.3 is 9.98 Å². The van der Waals surface area contributed by atoms with Crippen molar-refractivity contribution in [2.24, 2.45) is 4.99 Å². The molecular weight excluding hydrogens is 627 g/mol. The molecule has 3 nitrogen and oxygen atoms in total. The van der Waals surface area contributed by atoms with Crippen LogP contribution in [-0.2, 0) is 0 Å². The third kappa shape index (κ3) is 5.23. The van der Waals surface area contributed by atoms with Crippen LogP contribution in [0.1, 0.15) is 11.1 Å². The van der Waals surface area contributed by atoms with Gasteiger partial charge in [0.15, 0.2) is 0 Å². The van der Waals surface area contributed by atoms with Gasteiger partial charge in [0.25, 0.3) is 0 Å². The first-order valence-corrected chi connectivity index (χ1v) is 17.5. The molecule has 9 aromatic rings. The first-order valence-electron chi connectivity index (χ1n) is 16.7. The Balaban J connectivity index is 1.09. The van der Waals surface area contributed by atoms with E-state index in [1.54, 1.807) is 6.08 Å². The summed E-state index contributed by atoms with van der Waals surface area (Å²) in [4.78, 5) is 4.87. The maximum absolute atomic E-state index is 7.78. The van der Waals surface area contributed by atoms with Crippen molar-refractivity contribution in [3.63, 3.8) is 0 Å². The minimum absolute atomic E-state index is 0.739. The lowest BCUT2D eigenvalue weighted by Crippen LogP contribution is -1.95. The quantitative estimate of drug-likeness (QED) is 0.166. The third-order valence-corrected chi connectivity index (χ3v) is 10.6. The Morgan fingerprint density at radius 2 is 1.26 bits per heavy atom. The van der Waals surface area contributed by atoms with E-state index in [2.05, 4.69) is 150 Å². The number of hydrogen-bond acceptors (Lipinski definition) is 3. The second kappa shape index (κ2) is 12.6. The van der Waals surface area contributed by atoms with Gasteiger partial charge in [-0.25, -0.2) is 0 Å². The summed E-state index contributed by atoms with van der Waals surface area (Å²) in [5.74, 6) is 0. The van der Waals surface area contributed by atoms with Crippen LogP contribution < -0.4 is 0 Å². The average Bonchev–Trinajstić information content (AvgIpc) is 3.73. The van der Waals surface area contributed by atoms with Gasteiger partial charge in [-0.1, -0.05) is 127 Å². The Hall–Kier alpha value is -6.36. The van der Waals surface area contributed by atoms with Gasteiger partial charge in [-0.3, -0.25) is 4.99 Å². The molecule has 236 valence electrons. The summed E-state index contributed by atoms with van der Waals surface area (Å²) < 4.78 is 4.99. The molecule has 4 heteroatoms. The molecule has 0 atom stereocenters. The summed E-state index contributed by atoms with van der Waals surface area (Å²) in [6.45, 7) is 0. The van der Waals surface area contributed by atoms with Crippen LogP contribution in [0.4, 0.5) is 0 Å². The first-order chi connectivity index (χ1) is 24.7. The summed E-state index contributed by atoms with van der Waals surface area (Å²) >= 11 is 1.87. The minimum atomic E-state index is 0.739. The molecule has 2 aromatic heterocycles. The molecule has 0 radical (unpaired) electrons. The summed E-state index contributed by atoms with van der Waals surface area (Å²) in [5.41, 5.74) is 10.9. The van der Waals surface area contributed by atoms with Crippen molar-refractivity contribution < 1.29 is 0 Å². The number of fused-ring (bicyclic) bond motifs is 6. The van der Waals surface area contributed by atoms with Crippen molar-refractivity contribution in [3.8, 4) is 27.9 Å². The zero-order valence-corrected chi connectivity index (χ0v) is 27.9. The lowest BCUT2D eigenvalue weighted by atomic mass is 10.0. The molecule has 0 unspecified atom stereocenters. The second-order valence-electron chi connectivity index (χ2n) is 12.4. The van der Waals surface area contributed by atoms with E-state index in [0.717, 1.165) is 39.1 Å². The van der Waals surface area contributed by atoms with Gasteiger partial charge in [-0.2, -0.15) is 0 Å². The van der Waals surface area contributed by atoms with Crippen LogP contribution in [0.15, 0.2) is 175 Å². The van der Waals surface area contributed by atoms with Gasteiger partial charge in [0.2, 0.25) is 0 Å². The lowest BCUT2D eigenvalue weighted by molar-refractivity contribution is 1.18. The Labute approximate surface area is 294 Å². The van der Waals surface area contributed by atoms with Crippen LogP contribution in [0.3, 0.4) is 0 Å². The number of aromatic nitrogens is 1. The van der Waals surface area contributed by atoms with Crippen molar-refractivity contribution in [2.45, 2.75) is 0 Å². The Morgan fingerprint density at radius 3 is 2.12 bits per heavy atom. The summed E-state index contributed by atoms with van der Waals surface area (Å²) in [6.07, 6.45) is 4.92. The summed E-state index contributed by atoms with van der Waals surface area (Å²) in [6, 6.07) is 58.1. The largest absolute Gasteiger partial charge is 0.309 e. The summed E-state index contributed by atoms with van der Waals surface area (Å²) in [7, 11) is 0. The zero-order chi connectivity index (χ0) is 33.4. The molecular formula is C46H31N3S. The molecule has 7 aromatic carbocycles. The molecule has 0 saturated carbocycles. The molecule has 1 N–H and O–H groups in total. The number of thiophene rings is 1. The number of aliphatic imine (C=N–C) groups is 1. The fourth-order valence-electron chi connectivity index (χ4n) is 7.04. The van der Waals surface area contributed by atoms with Gasteiger partial charge in [0.05, 0.1) is 16.7 Å². The second-order valence-corrected chi connectivity index (χ2v) is 13.4. The van der Waals surface area contributed by atoms with Crippen LogP contribution in [-0.4, -0.2) is 17.0 Å². The first kappa shape index (κ1) is 29.8. The minimum Gasteiger partial charge on any atom is -0.309 e. The van der Waals surface area contributed by atoms with E-state index in [1.165, 1.54) is 53.8 Å². The molecule has 0 aliphatic carbocycles. The molecule has 9 rings (SSSR count). The van der Waals surface area contributed by atoms with E-state index in [1.807, 2.05) is 35.8 Å². The molecule has 0 bridgehead atoms. The molecule has 0 aliphatic rings. The van der Waals surface area contributed by atoms with Crippen molar-refractivity contribution in [1.29, 1.82) is 5.41 Å². The van der Waals surface area contributed by atoms with Gasteiger partial charge in [0, 0.05) is 54.6 Å². The molecule has 0 fully saturated rings. The standard InChI is InChI=1S/C46H31N3S/c47-27-26-42(34-22-20-33(21-23-34)32-11-2-1-3-12-32)48-30-31-10-8-13-36(28-31)49-43-18-6-4-14-38(43)41-29-35(24-25-44(41)49)37-16-9-17-40-39-15-5-7-19-45(39)50-46(37)40/h1-30,47H/b42-26-,47-27?,48-30?. The number of allylic oxidation sites excluding steroid dienone is 1. The van der Waals surface area contributed by atoms with Crippen LogP contribution in [0.2, 0.25) is 0 Å². The number of hydrogen-bond donors (Lipinski definition) is 1. The lowest BCUT2D eigenvalue weighted by Gasteiger charge is -2.10. The van der Waals surface area contributed by atoms with Crippen molar-refractivity contribution in [2.75, 3.05) is 0 Å². The fraction of sp³-hybridized carbons (Fsp3) is 0. The number of benzene rings is 7. The van der Waals surface area contributed by atoms with Crippen molar-refractivity contribution in [3.05, 3.63) is 181 Å². The highest BCUT2D eigenvalue weighted by molar-refractivity contribution is 7.26. The number of nitrogens with zero attached hydrogens (tertiary/aromatic N) is 2. The number of para-hydroxylation sites is 1. The number of rotatable bonds is 7. The van der Waals surface area contributed by atoms with E-state index in [-0.39, 0.29) is 0 Å². The van der Waals surface area contributed by atoms with Crippen molar-refractivity contribution in [1.82, 2.24) is 4.57 Å².